The van der Waals surface area contributed by atoms with Crippen molar-refractivity contribution in [2.45, 2.75) is 39.3 Å². The standard InChI is InChI=1S/C20H25N3O3S/c1-3-16-13-27-18(22-16)10-21-20(25)15-7-8-19(24)23(12-15)11-14-5-4-6-17(9-14)26-2/h4-6,9,13,15H,3,7-8,10-12H2,1-2H3,(H,21,25)/t15-/m0/s1. The van der Waals surface area contributed by atoms with Crippen molar-refractivity contribution in [2.24, 2.45) is 5.92 Å². The zero-order chi connectivity index (χ0) is 19.2. The van der Waals surface area contributed by atoms with Gasteiger partial charge in [0.05, 0.1) is 25.3 Å². The Hall–Kier alpha value is -2.41. The molecule has 0 unspecified atom stereocenters. The van der Waals surface area contributed by atoms with E-state index in [2.05, 4.69) is 17.2 Å². The molecular weight excluding hydrogens is 362 g/mol. The molecule has 0 aliphatic carbocycles. The Morgan fingerprint density at radius 2 is 2.30 bits per heavy atom. The number of aryl methyl sites for hydroxylation is 1. The van der Waals surface area contributed by atoms with Gasteiger partial charge < -0.3 is 15.0 Å². The van der Waals surface area contributed by atoms with Crippen molar-refractivity contribution < 1.29 is 14.3 Å². The SMILES string of the molecule is CCc1csc(CNC(=O)[C@H]2CCC(=O)N(Cc3cccc(OC)c3)C2)n1. The second-order valence-electron chi connectivity index (χ2n) is 6.67. The topological polar surface area (TPSA) is 71.5 Å². The average Bonchev–Trinajstić information content (AvgIpc) is 3.16. The van der Waals surface area contributed by atoms with E-state index in [1.807, 2.05) is 29.6 Å². The minimum Gasteiger partial charge on any atom is -0.497 e. The molecule has 144 valence electrons. The quantitative estimate of drug-likeness (QED) is 0.793. The Morgan fingerprint density at radius 1 is 1.44 bits per heavy atom. The third-order valence-electron chi connectivity index (χ3n) is 4.75. The number of nitrogens with zero attached hydrogens (tertiary/aromatic N) is 2. The fourth-order valence-corrected chi connectivity index (χ4v) is 3.99. The van der Waals surface area contributed by atoms with Gasteiger partial charge >= 0.3 is 0 Å². The number of aromatic nitrogens is 1. The Kier molecular flexibility index (Phi) is 6.45. The molecule has 1 aliphatic rings. The molecule has 1 aromatic heterocycles. The van der Waals surface area contributed by atoms with Gasteiger partial charge in [-0.2, -0.15) is 0 Å². The van der Waals surface area contributed by atoms with Crippen molar-refractivity contribution in [3.05, 3.63) is 45.9 Å². The molecule has 6 nitrogen and oxygen atoms in total. The van der Waals surface area contributed by atoms with E-state index in [-0.39, 0.29) is 17.7 Å². The van der Waals surface area contributed by atoms with Gasteiger partial charge in [-0.1, -0.05) is 19.1 Å². The number of hydrogen-bond acceptors (Lipinski definition) is 5. The van der Waals surface area contributed by atoms with E-state index in [0.29, 0.717) is 32.5 Å². The van der Waals surface area contributed by atoms with E-state index in [0.717, 1.165) is 28.4 Å². The summed E-state index contributed by atoms with van der Waals surface area (Å²) < 4.78 is 5.24. The highest BCUT2D eigenvalue weighted by molar-refractivity contribution is 7.09. The van der Waals surface area contributed by atoms with Crippen LogP contribution in [0.3, 0.4) is 0 Å². The highest BCUT2D eigenvalue weighted by atomic mass is 32.1. The molecule has 1 N–H and O–H groups in total. The van der Waals surface area contributed by atoms with Gasteiger partial charge in [-0.3, -0.25) is 9.59 Å². The van der Waals surface area contributed by atoms with Gasteiger partial charge in [-0.25, -0.2) is 4.98 Å². The number of benzene rings is 1. The summed E-state index contributed by atoms with van der Waals surface area (Å²) in [7, 11) is 1.62. The van der Waals surface area contributed by atoms with E-state index in [1.54, 1.807) is 23.3 Å². The number of thiazole rings is 1. The molecule has 1 saturated heterocycles. The number of rotatable bonds is 7. The van der Waals surface area contributed by atoms with Crippen molar-refractivity contribution in [3.8, 4) is 5.75 Å². The summed E-state index contributed by atoms with van der Waals surface area (Å²) in [6, 6.07) is 7.67. The third kappa shape index (κ3) is 5.07. The van der Waals surface area contributed by atoms with Crippen molar-refractivity contribution >= 4 is 23.2 Å². The Balaban J connectivity index is 1.56. The molecule has 0 spiro atoms. The molecule has 7 heteroatoms. The smallest absolute Gasteiger partial charge is 0.225 e. The molecule has 1 fully saturated rings. The fourth-order valence-electron chi connectivity index (χ4n) is 3.17. The van der Waals surface area contributed by atoms with Crippen LogP contribution in [0.15, 0.2) is 29.6 Å². The van der Waals surface area contributed by atoms with E-state index < -0.39 is 0 Å². The maximum absolute atomic E-state index is 12.6. The summed E-state index contributed by atoms with van der Waals surface area (Å²) in [5.74, 6) is 0.667. The number of ether oxygens (including phenoxy) is 1. The molecule has 1 atom stereocenters. The molecule has 0 radical (unpaired) electrons. The largest absolute Gasteiger partial charge is 0.497 e. The van der Waals surface area contributed by atoms with Crippen LogP contribution in [-0.4, -0.2) is 35.4 Å². The lowest BCUT2D eigenvalue weighted by molar-refractivity contribution is -0.139. The Morgan fingerprint density at radius 3 is 3.04 bits per heavy atom. The molecule has 1 aliphatic heterocycles. The molecule has 2 aromatic rings. The monoisotopic (exact) mass is 387 g/mol. The van der Waals surface area contributed by atoms with E-state index in [9.17, 15) is 9.59 Å². The number of nitrogens with one attached hydrogen (secondary N) is 1. The first-order chi connectivity index (χ1) is 13.1. The van der Waals surface area contributed by atoms with Crippen LogP contribution in [0.4, 0.5) is 0 Å². The third-order valence-corrected chi connectivity index (χ3v) is 5.65. The molecule has 1 aromatic carbocycles. The van der Waals surface area contributed by atoms with Crippen molar-refractivity contribution in [1.82, 2.24) is 15.2 Å². The number of carbonyl (C=O) groups excluding carboxylic acids is 2. The van der Waals surface area contributed by atoms with Gasteiger partial charge in [0.15, 0.2) is 0 Å². The van der Waals surface area contributed by atoms with Crippen LogP contribution in [0.25, 0.3) is 0 Å². The van der Waals surface area contributed by atoms with Crippen molar-refractivity contribution in [1.29, 1.82) is 0 Å². The van der Waals surface area contributed by atoms with Crippen LogP contribution in [0.2, 0.25) is 0 Å². The second-order valence-corrected chi connectivity index (χ2v) is 7.61. The number of hydrogen-bond donors (Lipinski definition) is 1. The zero-order valence-electron chi connectivity index (χ0n) is 15.7. The lowest BCUT2D eigenvalue weighted by Crippen LogP contribution is -2.45. The van der Waals surface area contributed by atoms with Crippen LogP contribution in [-0.2, 0) is 29.1 Å². The van der Waals surface area contributed by atoms with Gasteiger partial charge in [-0.05, 0) is 30.5 Å². The summed E-state index contributed by atoms with van der Waals surface area (Å²) in [6.45, 7) is 3.45. The first-order valence-corrected chi connectivity index (χ1v) is 10.1. The average molecular weight is 388 g/mol. The van der Waals surface area contributed by atoms with Gasteiger partial charge in [0.2, 0.25) is 11.8 Å². The highest BCUT2D eigenvalue weighted by Crippen LogP contribution is 2.22. The minimum absolute atomic E-state index is 0.00797. The first-order valence-electron chi connectivity index (χ1n) is 9.20. The first kappa shape index (κ1) is 19.4. The second kappa shape index (κ2) is 8.99. The molecule has 2 amide bonds. The fraction of sp³-hybridized carbons (Fsp3) is 0.450. The van der Waals surface area contributed by atoms with Crippen LogP contribution in [0.5, 0.6) is 5.75 Å². The lowest BCUT2D eigenvalue weighted by atomic mass is 9.96. The maximum atomic E-state index is 12.6. The minimum atomic E-state index is -0.182. The highest BCUT2D eigenvalue weighted by Gasteiger charge is 2.30. The van der Waals surface area contributed by atoms with Crippen molar-refractivity contribution in [3.63, 3.8) is 0 Å². The van der Waals surface area contributed by atoms with Crippen molar-refractivity contribution in [2.75, 3.05) is 13.7 Å². The lowest BCUT2D eigenvalue weighted by Gasteiger charge is -2.32. The normalized spacial score (nSPS) is 17.0. The Bertz CT molecular complexity index is 805. The zero-order valence-corrected chi connectivity index (χ0v) is 16.6. The van der Waals surface area contributed by atoms with Crippen LogP contribution in [0, 0.1) is 5.92 Å². The predicted octanol–water partition coefficient (Wildman–Crippen LogP) is 2.77. The van der Waals surface area contributed by atoms with Gasteiger partial charge in [-0.15, -0.1) is 11.3 Å². The van der Waals surface area contributed by atoms with Gasteiger partial charge in [0.1, 0.15) is 10.8 Å². The van der Waals surface area contributed by atoms with Crippen LogP contribution >= 0.6 is 11.3 Å². The summed E-state index contributed by atoms with van der Waals surface area (Å²) >= 11 is 1.57. The molecule has 3 rings (SSSR count). The Labute approximate surface area is 163 Å². The molecule has 0 bridgehead atoms. The number of carbonyl (C=O) groups is 2. The van der Waals surface area contributed by atoms with Gasteiger partial charge in [0.25, 0.3) is 0 Å². The summed E-state index contributed by atoms with van der Waals surface area (Å²) in [4.78, 5) is 31.1. The maximum Gasteiger partial charge on any atom is 0.225 e. The molecule has 0 saturated carbocycles. The summed E-state index contributed by atoms with van der Waals surface area (Å²) in [5, 5.41) is 5.92. The predicted molar refractivity (Wildman–Crippen MR) is 104 cm³/mol. The number of amides is 2. The summed E-state index contributed by atoms with van der Waals surface area (Å²) in [6.07, 6.45) is 1.89. The van der Waals surface area contributed by atoms with E-state index >= 15 is 0 Å². The van der Waals surface area contributed by atoms with Crippen LogP contribution < -0.4 is 10.1 Å². The molecule has 27 heavy (non-hydrogen) atoms. The number of piperidine rings is 1. The summed E-state index contributed by atoms with van der Waals surface area (Å²) in [5.41, 5.74) is 2.05. The number of methoxy groups -OCH3 is 1. The van der Waals surface area contributed by atoms with E-state index in [4.69, 9.17) is 4.74 Å². The molecule has 2 heterocycles. The molecular formula is C20H25N3O3S. The van der Waals surface area contributed by atoms with Crippen LogP contribution in [0.1, 0.15) is 36.0 Å². The van der Waals surface area contributed by atoms with E-state index in [1.165, 1.54) is 0 Å². The van der Waals surface area contributed by atoms with Gasteiger partial charge in [0, 0.05) is 24.9 Å². The number of likely N-dealkylation sites (tertiary alicyclic amines) is 1.